The molecule has 10 heteroatoms. The highest BCUT2D eigenvalue weighted by Gasteiger charge is 2.32. The normalized spacial score (nSPS) is 15.5. The summed E-state index contributed by atoms with van der Waals surface area (Å²) in [6.07, 6.45) is -3.75. The van der Waals surface area contributed by atoms with Gasteiger partial charge in [-0.25, -0.2) is 0 Å². The Balaban J connectivity index is 1.47. The van der Waals surface area contributed by atoms with E-state index in [4.69, 9.17) is 4.52 Å². The number of amides is 1. The molecule has 1 aromatic carbocycles. The third-order valence-corrected chi connectivity index (χ3v) is 4.71. The van der Waals surface area contributed by atoms with Crippen molar-refractivity contribution in [2.45, 2.75) is 39.1 Å². The van der Waals surface area contributed by atoms with Gasteiger partial charge in [-0.15, -0.1) is 13.2 Å². The molecule has 1 aliphatic heterocycles. The fourth-order valence-corrected chi connectivity index (χ4v) is 3.19. The van der Waals surface area contributed by atoms with Crippen LogP contribution in [-0.4, -0.2) is 58.4 Å². The zero-order valence-electron chi connectivity index (χ0n) is 16.1. The van der Waals surface area contributed by atoms with Crippen LogP contribution in [0.3, 0.4) is 0 Å². The van der Waals surface area contributed by atoms with E-state index < -0.39 is 6.36 Å². The average Bonchev–Trinajstić information content (AvgIpc) is 3.14. The molecule has 1 aliphatic rings. The predicted octanol–water partition coefficient (Wildman–Crippen LogP) is 2.81. The highest BCUT2D eigenvalue weighted by molar-refractivity contribution is 5.76. The summed E-state index contributed by atoms with van der Waals surface area (Å²) in [5, 5.41) is 3.93. The smallest absolute Gasteiger partial charge is 0.406 e. The van der Waals surface area contributed by atoms with E-state index in [-0.39, 0.29) is 24.5 Å². The topological polar surface area (TPSA) is 71.7 Å². The number of carbonyl (C=O) groups is 1. The maximum Gasteiger partial charge on any atom is 0.573 e. The number of aryl methyl sites for hydroxylation is 2. The Kier molecular flexibility index (Phi) is 6.73. The molecular formula is C19H23F3N4O3. The van der Waals surface area contributed by atoms with Gasteiger partial charge in [0.2, 0.25) is 11.8 Å². The van der Waals surface area contributed by atoms with Crippen LogP contribution in [0.1, 0.15) is 30.6 Å². The number of ether oxygens (including phenoxy) is 1. The molecule has 1 amide bonds. The third kappa shape index (κ3) is 6.18. The Morgan fingerprint density at radius 2 is 1.93 bits per heavy atom. The lowest BCUT2D eigenvalue weighted by molar-refractivity contribution is -0.274. The van der Waals surface area contributed by atoms with Crippen LogP contribution in [-0.2, 0) is 24.2 Å². The minimum atomic E-state index is -4.76. The molecule has 1 aromatic heterocycles. The van der Waals surface area contributed by atoms with Gasteiger partial charge in [0.15, 0.2) is 5.82 Å². The van der Waals surface area contributed by atoms with Crippen LogP contribution in [0, 0.1) is 0 Å². The van der Waals surface area contributed by atoms with Gasteiger partial charge in [-0.1, -0.05) is 30.3 Å². The highest BCUT2D eigenvalue weighted by atomic mass is 19.4. The van der Waals surface area contributed by atoms with Gasteiger partial charge in [0.25, 0.3) is 0 Å². The Hall–Kier alpha value is -2.62. The number of rotatable bonds is 7. The maximum atomic E-state index is 12.5. The summed E-state index contributed by atoms with van der Waals surface area (Å²) < 4.78 is 46.7. The van der Waals surface area contributed by atoms with Gasteiger partial charge < -0.3 is 14.2 Å². The fourth-order valence-electron chi connectivity index (χ4n) is 3.19. The quantitative estimate of drug-likeness (QED) is 0.697. The molecule has 0 saturated carbocycles. The molecule has 0 radical (unpaired) electrons. The van der Waals surface area contributed by atoms with E-state index in [1.807, 2.05) is 6.92 Å². The van der Waals surface area contributed by atoms with Crippen molar-refractivity contribution in [1.29, 1.82) is 0 Å². The molecule has 3 rings (SSSR count). The molecule has 0 spiro atoms. The van der Waals surface area contributed by atoms with Crippen LogP contribution in [0.15, 0.2) is 28.8 Å². The number of halogens is 3. The summed E-state index contributed by atoms with van der Waals surface area (Å²) in [5.74, 6) is 0.884. The van der Waals surface area contributed by atoms with Gasteiger partial charge in [0, 0.05) is 39.0 Å². The molecule has 1 saturated heterocycles. The Morgan fingerprint density at radius 1 is 1.21 bits per heavy atom. The first-order valence-corrected chi connectivity index (χ1v) is 9.49. The van der Waals surface area contributed by atoms with E-state index in [0.29, 0.717) is 56.4 Å². The second-order valence-corrected chi connectivity index (χ2v) is 6.77. The minimum absolute atomic E-state index is 0.0840. The van der Waals surface area contributed by atoms with E-state index in [1.165, 1.54) is 12.1 Å². The summed E-state index contributed by atoms with van der Waals surface area (Å²) in [5.41, 5.74) is 0.362. The molecule has 0 aliphatic carbocycles. The monoisotopic (exact) mass is 412 g/mol. The number of piperazine rings is 1. The van der Waals surface area contributed by atoms with Crippen molar-refractivity contribution in [2.24, 2.45) is 0 Å². The molecule has 2 heterocycles. The summed E-state index contributed by atoms with van der Waals surface area (Å²) in [6, 6.07) is 5.90. The van der Waals surface area contributed by atoms with Crippen LogP contribution in [0.5, 0.6) is 5.75 Å². The lowest BCUT2D eigenvalue weighted by atomic mass is 10.1. The number of carbonyl (C=O) groups excluding carboxylic acids is 1. The highest BCUT2D eigenvalue weighted by Crippen LogP contribution is 2.27. The summed E-state index contributed by atoms with van der Waals surface area (Å²) in [6.45, 7) is 4.96. The number of aromatic nitrogens is 2. The summed E-state index contributed by atoms with van der Waals surface area (Å²) in [7, 11) is 0. The molecule has 0 bridgehead atoms. The van der Waals surface area contributed by atoms with Crippen molar-refractivity contribution in [3.8, 4) is 5.75 Å². The molecule has 0 atom stereocenters. The fraction of sp³-hybridized carbons (Fsp3) is 0.526. The summed E-state index contributed by atoms with van der Waals surface area (Å²) in [4.78, 5) is 20.6. The van der Waals surface area contributed by atoms with Gasteiger partial charge in [0.05, 0.1) is 6.54 Å². The number of hydrogen-bond donors (Lipinski definition) is 0. The van der Waals surface area contributed by atoms with Gasteiger partial charge in [0.1, 0.15) is 5.75 Å². The number of para-hydroxylation sites is 1. The molecule has 29 heavy (non-hydrogen) atoms. The van der Waals surface area contributed by atoms with Crippen molar-refractivity contribution in [3.05, 3.63) is 41.5 Å². The molecule has 2 aromatic rings. The molecule has 0 N–H and O–H groups in total. The molecule has 7 nitrogen and oxygen atoms in total. The first kappa shape index (κ1) is 21.1. The van der Waals surface area contributed by atoms with Gasteiger partial charge in [-0.2, -0.15) is 4.98 Å². The van der Waals surface area contributed by atoms with E-state index >= 15 is 0 Å². The van der Waals surface area contributed by atoms with E-state index in [9.17, 15) is 18.0 Å². The van der Waals surface area contributed by atoms with Gasteiger partial charge in [-0.05, 0) is 18.1 Å². The molecule has 1 fully saturated rings. The Bertz CT molecular complexity index is 817. The first-order valence-electron chi connectivity index (χ1n) is 9.49. The zero-order valence-corrected chi connectivity index (χ0v) is 16.1. The first-order chi connectivity index (χ1) is 13.8. The van der Waals surface area contributed by atoms with Crippen LogP contribution in [0.25, 0.3) is 0 Å². The largest absolute Gasteiger partial charge is 0.573 e. The predicted molar refractivity (Wildman–Crippen MR) is 97.0 cm³/mol. The molecule has 158 valence electrons. The second-order valence-electron chi connectivity index (χ2n) is 6.77. The maximum absolute atomic E-state index is 12.5. The number of benzene rings is 1. The standard InChI is InChI=1S/C19H23F3N4O3/c1-2-17-23-16(24-29-17)13-25-9-11-26(12-10-25)18(27)8-7-14-5-3-4-6-15(14)28-19(20,21)22/h3-6H,2,7-13H2,1H3. The lowest BCUT2D eigenvalue weighted by Gasteiger charge is -2.34. The van der Waals surface area contributed by atoms with Crippen LogP contribution in [0.4, 0.5) is 13.2 Å². The second kappa shape index (κ2) is 9.25. The number of alkyl halides is 3. The van der Waals surface area contributed by atoms with Crippen molar-refractivity contribution >= 4 is 5.91 Å². The number of nitrogens with zero attached hydrogens (tertiary/aromatic N) is 4. The molecular weight excluding hydrogens is 389 g/mol. The van der Waals surface area contributed by atoms with Crippen LogP contribution < -0.4 is 4.74 Å². The Labute approximate surface area is 166 Å². The average molecular weight is 412 g/mol. The SMILES string of the molecule is CCc1nc(CN2CCN(C(=O)CCc3ccccc3OC(F)(F)F)CC2)no1. The van der Waals surface area contributed by atoms with Crippen molar-refractivity contribution in [3.63, 3.8) is 0 Å². The van der Waals surface area contributed by atoms with E-state index in [1.54, 1.807) is 17.0 Å². The third-order valence-electron chi connectivity index (χ3n) is 4.71. The van der Waals surface area contributed by atoms with E-state index in [0.717, 1.165) is 0 Å². The van der Waals surface area contributed by atoms with Crippen LogP contribution >= 0.6 is 0 Å². The summed E-state index contributed by atoms with van der Waals surface area (Å²) >= 11 is 0. The van der Waals surface area contributed by atoms with Gasteiger partial charge >= 0.3 is 6.36 Å². The van der Waals surface area contributed by atoms with Crippen molar-refractivity contribution in [2.75, 3.05) is 26.2 Å². The molecule has 0 unspecified atom stereocenters. The zero-order chi connectivity index (χ0) is 20.9. The van der Waals surface area contributed by atoms with E-state index in [2.05, 4.69) is 19.8 Å². The minimum Gasteiger partial charge on any atom is -0.406 e. The van der Waals surface area contributed by atoms with Gasteiger partial charge in [-0.3, -0.25) is 9.69 Å². The van der Waals surface area contributed by atoms with Crippen LogP contribution in [0.2, 0.25) is 0 Å². The number of hydrogen-bond acceptors (Lipinski definition) is 6. The lowest BCUT2D eigenvalue weighted by Crippen LogP contribution is -2.48. The van der Waals surface area contributed by atoms with Crippen molar-refractivity contribution < 1.29 is 27.2 Å². The Morgan fingerprint density at radius 3 is 2.59 bits per heavy atom. The van der Waals surface area contributed by atoms with Crippen molar-refractivity contribution in [1.82, 2.24) is 19.9 Å².